The summed E-state index contributed by atoms with van der Waals surface area (Å²) in [5.41, 5.74) is 0.475. The molecule has 8 heteroatoms. The van der Waals surface area contributed by atoms with Gasteiger partial charge in [-0.3, -0.25) is 10.1 Å². The fourth-order valence-corrected chi connectivity index (χ4v) is 2.16. The molecule has 0 radical (unpaired) electrons. The molecular formula is C18H18N2O6. The van der Waals surface area contributed by atoms with E-state index in [2.05, 4.69) is 5.32 Å². The maximum absolute atomic E-state index is 12.1. The number of carbonyl (C=O) groups excluding carboxylic acids is 2. The first-order valence-electron chi connectivity index (χ1n) is 7.94. The van der Waals surface area contributed by atoms with Crippen LogP contribution in [0, 0.1) is 10.1 Å². The van der Waals surface area contributed by atoms with Crippen molar-refractivity contribution in [3.8, 4) is 5.75 Å². The average molecular weight is 358 g/mol. The molecule has 2 aromatic carbocycles. The summed E-state index contributed by atoms with van der Waals surface area (Å²) in [6.07, 6.45) is -0.665. The van der Waals surface area contributed by atoms with Crippen LogP contribution in [0.4, 0.5) is 5.69 Å². The largest absolute Gasteiger partial charge is 0.448 e. The number of nitrogens with zero attached hydrogens (tertiary/aromatic N) is 1. The summed E-state index contributed by atoms with van der Waals surface area (Å²) in [7, 11) is 0. The molecule has 26 heavy (non-hydrogen) atoms. The molecule has 0 amide bonds. The van der Waals surface area contributed by atoms with Crippen LogP contribution in [0.5, 0.6) is 5.75 Å². The minimum atomic E-state index is -1.25. The molecule has 1 N–H and O–H groups in total. The lowest BCUT2D eigenvalue weighted by Gasteiger charge is -2.18. The summed E-state index contributed by atoms with van der Waals surface area (Å²) >= 11 is 0. The molecule has 136 valence electrons. The third-order valence-electron chi connectivity index (χ3n) is 3.41. The first-order valence-corrected chi connectivity index (χ1v) is 7.94. The van der Waals surface area contributed by atoms with Crippen molar-refractivity contribution < 1.29 is 24.0 Å². The topological polar surface area (TPSA) is 108 Å². The number of esters is 2. The van der Waals surface area contributed by atoms with Gasteiger partial charge in [0.15, 0.2) is 0 Å². The van der Waals surface area contributed by atoms with Crippen LogP contribution in [-0.2, 0) is 14.3 Å². The lowest BCUT2D eigenvalue weighted by molar-refractivity contribution is -0.384. The highest BCUT2D eigenvalue weighted by atomic mass is 16.6. The van der Waals surface area contributed by atoms with Gasteiger partial charge in [0, 0.05) is 12.6 Å². The number of hydrogen-bond donors (Lipinski definition) is 1. The van der Waals surface area contributed by atoms with Crippen LogP contribution in [0.3, 0.4) is 0 Å². The molecule has 0 aliphatic rings. The molecule has 0 bridgehead atoms. The maximum Gasteiger partial charge on any atom is 0.422 e. The molecule has 0 heterocycles. The Labute approximate surface area is 149 Å². The monoisotopic (exact) mass is 358 g/mol. The number of likely N-dealkylation sites (N-methyl/N-ethyl adjacent to an activating group) is 1. The van der Waals surface area contributed by atoms with E-state index in [-0.39, 0.29) is 11.4 Å². The van der Waals surface area contributed by atoms with Crippen molar-refractivity contribution in [1.29, 1.82) is 0 Å². The minimum Gasteiger partial charge on any atom is -0.448 e. The van der Waals surface area contributed by atoms with Crippen LogP contribution in [0.2, 0.25) is 0 Å². The molecule has 0 aliphatic heterocycles. The molecule has 0 aliphatic carbocycles. The maximum atomic E-state index is 12.1. The van der Waals surface area contributed by atoms with Crippen LogP contribution in [0.1, 0.15) is 18.6 Å². The number of rotatable bonds is 7. The Bertz CT molecular complexity index is 778. The number of ether oxygens (including phenoxy) is 2. The molecule has 2 aromatic rings. The lowest BCUT2D eigenvalue weighted by atomic mass is 10.1. The summed E-state index contributed by atoms with van der Waals surface area (Å²) < 4.78 is 10.1. The Hall–Kier alpha value is -3.26. The minimum absolute atomic E-state index is 0.107. The van der Waals surface area contributed by atoms with Crippen LogP contribution in [0.15, 0.2) is 54.6 Å². The van der Waals surface area contributed by atoms with Crippen molar-refractivity contribution in [1.82, 2.24) is 5.32 Å². The van der Waals surface area contributed by atoms with Gasteiger partial charge < -0.3 is 14.8 Å². The normalized spacial score (nSPS) is 11.4. The van der Waals surface area contributed by atoms with E-state index in [1.807, 2.05) is 13.0 Å². The van der Waals surface area contributed by atoms with Gasteiger partial charge in [-0.05, 0) is 18.2 Å². The highest BCUT2D eigenvalue weighted by molar-refractivity contribution is 6.30. The van der Waals surface area contributed by atoms with Crippen molar-refractivity contribution in [2.24, 2.45) is 0 Å². The highest BCUT2D eigenvalue weighted by Crippen LogP contribution is 2.20. The van der Waals surface area contributed by atoms with E-state index in [4.69, 9.17) is 9.47 Å². The fourth-order valence-electron chi connectivity index (χ4n) is 2.16. The second-order valence-electron chi connectivity index (χ2n) is 5.26. The van der Waals surface area contributed by atoms with Crippen molar-refractivity contribution in [3.05, 3.63) is 70.3 Å². The zero-order valence-electron chi connectivity index (χ0n) is 14.1. The van der Waals surface area contributed by atoms with E-state index in [9.17, 15) is 19.7 Å². The molecule has 0 saturated heterocycles. The second-order valence-corrected chi connectivity index (χ2v) is 5.26. The summed E-state index contributed by atoms with van der Waals surface area (Å²) in [5.74, 6) is -2.53. The van der Waals surface area contributed by atoms with Gasteiger partial charge >= 0.3 is 11.9 Å². The number of nitrogens with one attached hydrogen (secondary N) is 1. The van der Waals surface area contributed by atoms with Gasteiger partial charge in [0.05, 0.1) is 11.0 Å². The Morgan fingerprint density at radius 2 is 1.85 bits per heavy atom. The molecule has 0 fully saturated rings. The number of nitro benzene ring substituents is 1. The van der Waals surface area contributed by atoms with Crippen LogP contribution in [-0.4, -0.2) is 30.0 Å². The standard InChI is InChI=1S/C18H18N2O6/c1-2-19-12-16(13-7-4-3-5-8-13)26-18(22)17(21)25-15-10-6-9-14(11-15)20(23)24/h3-11,16,19H,2,12H2,1H3/t16-/m0/s1. The van der Waals surface area contributed by atoms with Crippen molar-refractivity contribution in [2.75, 3.05) is 13.1 Å². The second kappa shape index (κ2) is 9.28. The Balaban J connectivity index is 2.05. The van der Waals surface area contributed by atoms with Crippen LogP contribution in [0.25, 0.3) is 0 Å². The van der Waals surface area contributed by atoms with Gasteiger partial charge in [0.2, 0.25) is 0 Å². The van der Waals surface area contributed by atoms with Gasteiger partial charge in [-0.2, -0.15) is 0 Å². The molecular weight excluding hydrogens is 340 g/mol. The van der Waals surface area contributed by atoms with E-state index in [1.54, 1.807) is 24.3 Å². The molecule has 2 rings (SSSR count). The molecule has 0 saturated carbocycles. The van der Waals surface area contributed by atoms with Crippen molar-refractivity contribution in [2.45, 2.75) is 13.0 Å². The van der Waals surface area contributed by atoms with E-state index in [0.717, 1.165) is 11.6 Å². The third-order valence-corrected chi connectivity index (χ3v) is 3.41. The molecule has 0 aromatic heterocycles. The van der Waals surface area contributed by atoms with Crippen molar-refractivity contribution in [3.63, 3.8) is 0 Å². The average Bonchev–Trinajstić information content (AvgIpc) is 2.65. The van der Waals surface area contributed by atoms with E-state index < -0.39 is 23.0 Å². The van der Waals surface area contributed by atoms with Gasteiger partial charge in [0.25, 0.3) is 5.69 Å². The Kier molecular flexibility index (Phi) is 6.81. The zero-order chi connectivity index (χ0) is 18.9. The van der Waals surface area contributed by atoms with Gasteiger partial charge in [-0.15, -0.1) is 0 Å². The Morgan fingerprint density at radius 3 is 2.50 bits per heavy atom. The smallest absolute Gasteiger partial charge is 0.422 e. The SMILES string of the molecule is CCNC[C@H](OC(=O)C(=O)Oc1cccc([N+](=O)[O-])c1)c1ccccc1. The number of benzene rings is 2. The quantitative estimate of drug-likeness (QED) is 0.266. The molecule has 8 nitrogen and oxygen atoms in total. The van der Waals surface area contributed by atoms with Crippen molar-refractivity contribution >= 4 is 17.6 Å². The number of carbonyl (C=O) groups is 2. The predicted molar refractivity (Wildman–Crippen MR) is 92.6 cm³/mol. The Morgan fingerprint density at radius 1 is 1.12 bits per heavy atom. The number of nitro groups is 1. The summed E-state index contributed by atoms with van der Waals surface area (Å²) in [6.45, 7) is 2.90. The van der Waals surface area contributed by atoms with E-state index in [0.29, 0.717) is 13.1 Å². The van der Waals surface area contributed by atoms with Crippen LogP contribution < -0.4 is 10.1 Å². The first kappa shape index (κ1) is 19.1. The lowest BCUT2D eigenvalue weighted by Crippen LogP contribution is -2.30. The number of hydrogen-bond acceptors (Lipinski definition) is 7. The van der Waals surface area contributed by atoms with E-state index >= 15 is 0 Å². The summed E-state index contributed by atoms with van der Waals surface area (Å²) in [5, 5.41) is 13.8. The summed E-state index contributed by atoms with van der Waals surface area (Å²) in [4.78, 5) is 34.1. The fraction of sp³-hybridized carbons (Fsp3) is 0.222. The van der Waals surface area contributed by atoms with Crippen LogP contribution >= 0.6 is 0 Å². The third kappa shape index (κ3) is 5.38. The number of non-ortho nitro benzene ring substituents is 1. The highest BCUT2D eigenvalue weighted by Gasteiger charge is 2.24. The zero-order valence-corrected chi connectivity index (χ0v) is 14.1. The predicted octanol–water partition coefficient (Wildman–Crippen LogP) is 2.39. The molecule has 0 unspecified atom stereocenters. The van der Waals surface area contributed by atoms with Gasteiger partial charge in [-0.1, -0.05) is 43.3 Å². The molecule has 1 atom stereocenters. The first-order chi connectivity index (χ1) is 12.5. The van der Waals surface area contributed by atoms with Gasteiger partial charge in [-0.25, -0.2) is 9.59 Å². The summed E-state index contributed by atoms with van der Waals surface area (Å²) in [6, 6.07) is 14.0. The van der Waals surface area contributed by atoms with Gasteiger partial charge in [0.1, 0.15) is 11.9 Å². The van der Waals surface area contributed by atoms with E-state index in [1.165, 1.54) is 18.2 Å². The molecule has 0 spiro atoms.